The molecule has 0 atom stereocenters. The summed E-state index contributed by atoms with van der Waals surface area (Å²) >= 11 is 1.63. The molecule has 0 radical (unpaired) electrons. The van der Waals surface area contributed by atoms with Crippen molar-refractivity contribution in [3.05, 3.63) is 34.8 Å². The zero-order chi connectivity index (χ0) is 12.5. The minimum absolute atomic E-state index is 0.589. The molecule has 1 saturated carbocycles. The van der Waals surface area contributed by atoms with Crippen LogP contribution in [0.4, 0.5) is 5.00 Å². The summed E-state index contributed by atoms with van der Waals surface area (Å²) in [6.07, 6.45) is 2.51. The summed E-state index contributed by atoms with van der Waals surface area (Å²) in [7, 11) is 1.71. The molecule has 1 aliphatic carbocycles. The molecule has 2 N–H and O–H groups in total. The van der Waals surface area contributed by atoms with Crippen LogP contribution in [0.1, 0.15) is 29.3 Å². The van der Waals surface area contributed by atoms with Crippen molar-refractivity contribution in [3.63, 3.8) is 0 Å². The van der Waals surface area contributed by atoms with Gasteiger partial charge in [-0.05, 0) is 18.4 Å². The first-order valence-electron chi connectivity index (χ1n) is 6.13. The number of methoxy groups -OCH3 is 1. The standard InChI is InChI=1S/C14H16N2OS/c1-17-8-10-4-2-3-5-11(10)12-13(15)18-14(16-12)9-6-7-9/h2-5,9H,6-8,15H2,1H3. The molecule has 1 aromatic heterocycles. The number of ether oxygens (including phenoxy) is 1. The summed E-state index contributed by atoms with van der Waals surface area (Å²) in [5.74, 6) is 0.653. The lowest BCUT2D eigenvalue weighted by molar-refractivity contribution is 0.185. The molecular formula is C14H16N2OS. The second-order valence-corrected chi connectivity index (χ2v) is 5.69. The Morgan fingerprint density at radius 1 is 1.39 bits per heavy atom. The molecule has 1 aromatic carbocycles. The van der Waals surface area contributed by atoms with Crippen molar-refractivity contribution in [3.8, 4) is 11.3 Å². The Hall–Kier alpha value is -1.39. The molecule has 3 rings (SSSR count). The van der Waals surface area contributed by atoms with Gasteiger partial charge >= 0.3 is 0 Å². The predicted octanol–water partition coefficient (Wildman–Crippen LogP) is 3.42. The average Bonchev–Trinajstić information content (AvgIpc) is 3.15. The molecule has 0 unspecified atom stereocenters. The monoisotopic (exact) mass is 260 g/mol. The van der Waals surface area contributed by atoms with Crippen molar-refractivity contribution >= 4 is 16.3 Å². The van der Waals surface area contributed by atoms with E-state index in [9.17, 15) is 0 Å². The third-order valence-corrected chi connectivity index (χ3v) is 4.22. The van der Waals surface area contributed by atoms with Gasteiger partial charge in [0.2, 0.25) is 0 Å². The molecule has 4 heteroatoms. The van der Waals surface area contributed by atoms with Crippen LogP contribution >= 0.6 is 11.3 Å². The largest absolute Gasteiger partial charge is 0.389 e. The van der Waals surface area contributed by atoms with Crippen LogP contribution in [0.2, 0.25) is 0 Å². The maximum atomic E-state index is 6.12. The van der Waals surface area contributed by atoms with E-state index in [1.165, 1.54) is 17.8 Å². The van der Waals surface area contributed by atoms with Gasteiger partial charge in [-0.2, -0.15) is 0 Å². The van der Waals surface area contributed by atoms with Crippen LogP contribution in [0.15, 0.2) is 24.3 Å². The molecule has 1 aliphatic rings. The first kappa shape index (κ1) is 11.7. The smallest absolute Gasteiger partial charge is 0.114 e. The molecule has 0 spiro atoms. The van der Waals surface area contributed by atoms with Crippen molar-refractivity contribution in [2.45, 2.75) is 25.4 Å². The third kappa shape index (κ3) is 2.13. The Morgan fingerprint density at radius 3 is 2.89 bits per heavy atom. The molecule has 0 saturated heterocycles. The number of anilines is 1. The van der Waals surface area contributed by atoms with E-state index < -0.39 is 0 Å². The van der Waals surface area contributed by atoms with E-state index in [1.54, 1.807) is 18.4 Å². The molecule has 1 heterocycles. The average molecular weight is 260 g/mol. The maximum Gasteiger partial charge on any atom is 0.114 e. The number of nitrogens with zero attached hydrogens (tertiary/aromatic N) is 1. The number of benzene rings is 1. The zero-order valence-electron chi connectivity index (χ0n) is 10.3. The summed E-state index contributed by atoms with van der Waals surface area (Å²) in [6.45, 7) is 0.589. The van der Waals surface area contributed by atoms with Crippen LogP contribution in [0.3, 0.4) is 0 Å². The third-order valence-electron chi connectivity index (χ3n) is 3.17. The number of aromatic nitrogens is 1. The lowest BCUT2D eigenvalue weighted by Gasteiger charge is -2.06. The van der Waals surface area contributed by atoms with Crippen molar-refractivity contribution in [2.75, 3.05) is 12.8 Å². The summed E-state index contributed by atoms with van der Waals surface area (Å²) < 4.78 is 5.23. The highest BCUT2D eigenvalue weighted by molar-refractivity contribution is 7.16. The van der Waals surface area contributed by atoms with Crippen molar-refractivity contribution in [1.82, 2.24) is 4.98 Å². The van der Waals surface area contributed by atoms with E-state index in [1.807, 2.05) is 12.1 Å². The van der Waals surface area contributed by atoms with E-state index in [0.29, 0.717) is 12.5 Å². The van der Waals surface area contributed by atoms with Gasteiger partial charge < -0.3 is 10.5 Å². The van der Waals surface area contributed by atoms with Gasteiger partial charge in [0.1, 0.15) is 10.7 Å². The topological polar surface area (TPSA) is 48.1 Å². The van der Waals surface area contributed by atoms with Crippen LogP contribution in [0.25, 0.3) is 11.3 Å². The molecule has 2 aromatic rings. The second-order valence-electron chi connectivity index (χ2n) is 4.63. The molecular weight excluding hydrogens is 244 g/mol. The molecule has 3 nitrogen and oxygen atoms in total. The molecule has 18 heavy (non-hydrogen) atoms. The van der Waals surface area contributed by atoms with Crippen LogP contribution in [-0.2, 0) is 11.3 Å². The van der Waals surface area contributed by atoms with Crippen LogP contribution in [0, 0.1) is 0 Å². The Balaban J connectivity index is 2.02. The van der Waals surface area contributed by atoms with Crippen molar-refractivity contribution in [1.29, 1.82) is 0 Å². The predicted molar refractivity (Wildman–Crippen MR) is 74.7 cm³/mol. The van der Waals surface area contributed by atoms with Gasteiger partial charge in [-0.25, -0.2) is 4.98 Å². The highest BCUT2D eigenvalue weighted by Gasteiger charge is 2.28. The van der Waals surface area contributed by atoms with Gasteiger partial charge in [0.15, 0.2) is 0 Å². The van der Waals surface area contributed by atoms with Gasteiger partial charge in [0.05, 0.1) is 11.6 Å². The van der Waals surface area contributed by atoms with E-state index in [-0.39, 0.29) is 0 Å². The summed E-state index contributed by atoms with van der Waals surface area (Å²) in [6, 6.07) is 8.16. The van der Waals surface area contributed by atoms with Gasteiger partial charge in [0, 0.05) is 18.6 Å². The Kier molecular flexibility index (Phi) is 3.06. The summed E-state index contributed by atoms with van der Waals surface area (Å²) in [5, 5.41) is 2.01. The van der Waals surface area contributed by atoms with Crippen molar-refractivity contribution < 1.29 is 4.74 Å². The highest BCUT2D eigenvalue weighted by atomic mass is 32.1. The van der Waals surface area contributed by atoms with Crippen LogP contribution in [0.5, 0.6) is 0 Å². The SMILES string of the molecule is COCc1ccccc1-c1nc(C2CC2)sc1N. The number of hydrogen-bond acceptors (Lipinski definition) is 4. The van der Waals surface area contributed by atoms with Gasteiger partial charge in [-0.1, -0.05) is 24.3 Å². The lowest BCUT2D eigenvalue weighted by Crippen LogP contribution is -1.94. The molecule has 0 bridgehead atoms. The minimum Gasteiger partial charge on any atom is -0.389 e. The summed E-state index contributed by atoms with van der Waals surface area (Å²) in [5.41, 5.74) is 9.28. The fourth-order valence-corrected chi connectivity index (χ4v) is 3.10. The highest BCUT2D eigenvalue weighted by Crippen LogP contribution is 2.45. The van der Waals surface area contributed by atoms with Crippen molar-refractivity contribution in [2.24, 2.45) is 0 Å². The normalized spacial score (nSPS) is 14.9. The summed E-state index contributed by atoms with van der Waals surface area (Å²) in [4.78, 5) is 4.72. The van der Waals surface area contributed by atoms with Gasteiger partial charge in [0.25, 0.3) is 0 Å². The lowest BCUT2D eigenvalue weighted by atomic mass is 10.1. The number of hydrogen-bond donors (Lipinski definition) is 1. The quantitative estimate of drug-likeness (QED) is 0.916. The second kappa shape index (κ2) is 4.71. The number of rotatable bonds is 4. The Bertz CT molecular complexity index is 561. The fraction of sp³-hybridized carbons (Fsp3) is 0.357. The zero-order valence-corrected chi connectivity index (χ0v) is 11.2. The first-order chi connectivity index (χ1) is 8.79. The molecule has 0 amide bonds. The van der Waals surface area contributed by atoms with Crippen LogP contribution < -0.4 is 5.73 Å². The number of nitrogens with two attached hydrogens (primary N) is 1. The number of nitrogen functional groups attached to an aromatic ring is 1. The van der Waals surface area contributed by atoms with E-state index in [0.717, 1.165) is 21.8 Å². The molecule has 94 valence electrons. The van der Waals surface area contributed by atoms with Gasteiger partial charge in [-0.3, -0.25) is 0 Å². The Labute approximate surface area is 111 Å². The van der Waals surface area contributed by atoms with E-state index >= 15 is 0 Å². The van der Waals surface area contributed by atoms with Crippen LogP contribution in [-0.4, -0.2) is 12.1 Å². The minimum atomic E-state index is 0.589. The van der Waals surface area contributed by atoms with E-state index in [4.69, 9.17) is 15.5 Å². The fourth-order valence-electron chi connectivity index (χ4n) is 2.08. The first-order valence-corrected chi connectivity index (χ1v) is 6.94. The molecule has 0 aliphatic heterocycles. The van der Waals surface area contributed by atoms with Gasteiger partial charge in [-0.15, -0.1) is 11.3 Å². The maximum absolute atomic E-state index is 6.12. The Morgan fingerprint density at radius 2 is 2.17 bits per heavy atom. The van der Waals surface area contributed by atoms with E-state index in [2.05, 4.69) is 12.1 Å². The number of thiazole rings is 1. The molecule has 1 fully saturated rings.